The Labute approximate surface area is 111 Å². The fourth-order valence-electron chi connectivity index (χ4n) is 1.88. The third-order valence-corrected chi connectivity index (χ3v) is 2.68. The third-order valence-electron chi connectivity index (χ3n) is 2.68. The van der Waals surface area contributed by atoms with Crippen LogP contribution in [0.1, 0.15) is 0 Å². The van der Waals surface area contributed by atoms with E-state index in [1.165, 1.54) is 24.3 Å². The van der Waals surface area contributed by atoms with Crippen LogP contribution in [0.3, 0.4) is 0 Å². The normalized spacial score (nSPS) is 10.2. The van der Waals surface area contributed by atoms with Crippen molar-refractivity contribution in [1.82, 2.24) is 0 Å². The quantitative estimate of drug-likeness (QED) is 0.655. The number of benzene rings is 2. The molecule has 0 atom stereocenters. The number of hydrogen-bond acceptors (Lipinski definition) is 6. The second-order valence-electron chi connectivity index (χ2n) is 3.86. The molecule has 2 aromatic carbocycles. The van der Waals surface area contributed by atoms with Gasteiger partial charge in [0.15, 0.2) is 11.5 Å². The first kappa shape index (κ1) is 13.3. The molecular weight excluding hydrogens is 268 g/mol. The second-order valence-corrected chi connectivity index (χ2v) is 3.86. The Morgan fingerprint density at radius 2 is 1.10 bits per heavy atom. The summed E-state index contributed by atoms with van der Waals surface area (Å²) in [4.78, 5) is 20.3. The standard InChI is InChI=1S/C12H8N2O6/c15-9-5-1-3-7(11(9)13(17)18)8-4-2-6-10(16)12(8)14(19)20/h1-6,15-16H. The Hall–Kier alpha value is -3.16. The first-order chi connectivity index (χ1) is 9.43. The number of nitro groups is 2. The van der Waals surface area contributed by atoms with Crippen LogP contribution in [0.4, 0.5) is 11.4 Å². The van der Waals surface area contributed by atoms with Crippen LogP contribution in [0.2, 0.25) is 0 Å². The molecule has 0 radical (unpaired) electrons. The predicted molar refractivity (Wildman–Crippen MR) is 68.5 cm³/mol. The molecule has 0 aliphatic rings. The smallest absolute Gasteiger partial charge is 0.318 e. The maximum absolute atomic E-state index is 11.0. The number of hydrogen-bond donors (Lipinski definition) is 2. The van der Waals surface area contributed by atoms with E-state index in [1.54, 1.807) is 0 Å². The summed E-state index contributed by atoms with van der Waals surface area (Å²) in [7, 11) is 0. The van der Waals surface area contributed by atoms with E-state index in [9.17, 15) is 30.4 Å². The highest BCUT2D eigenvalue weighted by Gasteiger charge is 2.28. The largest absolute Gasteiger partial charge is 0.502 e. The summed E-state index contributed by atoms with van der Waals surface area (Å²) in [6.07, 6.45) is 0. The van der Waals surface area contributed by atoms with Crippen LogP contribution in [-0.4, -0.2) is 20.1 Å². The minimum atomic E-state index is -0.835. The number of para-hydroxylation sites is 2. The van der Waals surface area contributed by atoms with Gasteiger partial charge in [-0.05, 0) is 24.3 Å². The highest BCUT2D eigenvalue weighted by atomic mass is 16.6. The highest BCUT2D eigenvalue weighted by molar-refractivity contribution is 5.84. The fraction of sp³-hybridized carbons (Fsp3) is 0. The number of nitrogens with zero attached hydrogens (tertiary/aromatic N) is 2. The lowest BCUT2D eigenvalue weighted by Gasteiger charge is -2.06. The van der Waals surface area contributed by atoms with E-state index >= 15 is 0 Å². The van der Waals surface area contributed by atoms with Crippen molar-refractivity contribution in [2.75, 3.05) is 0 Å². The highest BCUT2D eigenvalue weighted by Crippen LogP contribution is 2.43. The average Bonchev–Trinajstić information content (AvgIpc) is 2.37. The van der Waals surface area contributed by atoms with Crippen LogP contribution in [0.5, 0.6) is 11.5 Å². The molecule has 0 amide bonds. The van der Waals surface area contributed by atoms with E-state index < -0.39 is 32.7 Å². The minimum absolute atomic E-state index is 0.141. The van der Waals surface area contributed by atoms with E-state index in [1.807, 2.05) is 0 Å². The molecule has 0 heterocycles. The van der Waals surface area contributed by atoms with Crippen molar-refractivity contribution in [3.05, 3.63) is 56.6 Å². The van der Waals surface area contributed by atoms with E-state index in [0.717, 1.165) is 12.1 Å². The lowest BCUT2D eigenvalue weighted by Crippen LogP contribution is -1.96. The second kappa shape index (κ2) is 4.84. The first-order valence-electron chi connectivity index (χ1n) is 5.36. The molecule has 2 N–H and O–H groups in total. The van der Waals surface area contributed by atoms with Crippen LogP contribution < -0.4 is 0 Å². The number of nitro benzene ring substituents is 2. The van der Waals surface area contributed by atoms with E-state index in [2.05, 4.69) is 0 Å². The third kappa shape index (κ3) is 2.09. The lowest BCUT2D eigenvalue weighted by molar-refractivity contribution is -0.387. The number of phenols is 2. The number of aromatic hydroxyl groups is 2. The molecule has 0 aliphatic carbocycles. The Morgan fingerprint density at radius 1 is 0.750 bits per heavy atom. The van der Waals surface area contributed by atoms with Gasteiger partial charge in [-0.15, -0.1) is 0 Å². The van der Waals surface area contributed by atoms with Gasteiger partial charge < -0.3 is 10.2 Å². The summed E-state index contributed by atoms with van der Waals surface area (Å²) < 4.78 is 0. The van der Waals surface area contributed by atoms with Crippen molar-refractivity contribution in [1.29, 1.82) is 0 Å². The Kier molecular flexibility index (Phi) is 3.21. The van der Waals surface area contributed by atoms with Gasteiger partial charge in [0.25, 0.3) is 0 Å². The van der Waals surface area contributed by atoms with Crippen molar-refractivity contribution in [3.63, 3.8) is 0 Å². The minimum Gasteiger partial charge on any atom is -0.502 e. The summed E-state index contributed by atoms with van der Waals surface area (Å²) in [5.41, 5.74) is -1.59. The zero-order valence-electron chi connectivity index (χ0n) is 9.89. The molecule has 8 heteroatoms. The molecule has 0 spiro atoms. The van der Waals surface area contributed by atoms with Gasteiger partial charge in [-0.3, -0.25) is 20.2 Å². The van der Waals surface area contributed by atoms with Gasteiger partial charge in [-0.1, -0.05) is 12.1 Å². The zero-order chi connectivity index (χ0) is 14.9. The van der Waals surface area contributed by atoms with Crippen LogP contribution in [0, 0.1) is 20.2 Å². The van der Waals surface area contributed by atoms with Gasteiger partial charge in [0.2, 0.25) is 0 Å². The molecule has 20 heavy (non-hydrogen) atoms. The summed E-state index contributed by atoms with van der Waals surface area (Å²) >= 11 is 0. The van der Waals surface area contributed by atoms with Crippen molar-refractivity contribution in [2.24, 2.45) is 0 Å². The Morgan fingerprint density at radius 3 is 1.40 bits per heavy atom. The van der Waals surface area contributed by atoms with Crippen molar-refractivity contribution in [2.45, 2.75) is 0 Å². The molecule has 0 aromatic heterocycles. The van der Waals surface area contributed by atoms with Crippen LogP contribution >= 0.6 is 0 Å². The van der Waals surface area contributed by atoms with Crippen LogP contribution in [-0.2, 0) is 0 Å². The average molecular weight is 276 g/mol. The summed E-state index contributed by atoms with van der Waals surface area (Å²) in [5, 5.41) is 41.1. The Balaban J connectivity index is 2.83. The van der Waals surface area contributed by atoms with Crippen molar-refractivity contribution >= 4 is 11.4 Å². The van der Waals surface area contributed by atoms with Gasteiger partial charge >= 0.3 is 11.4 Å². The van der Waals surface area contributed by atoms with Crippen molar-refractivity contribution in [3.8, 4) is 22.6 Å². The predicted octanol–water partition coefficient (Wildman–Crippen LogP) is 2.58. The molecule has 8 nitrogen and oxygen atoms in total. The Bertz CT molecular complexity index is 652. The first-order valence-corrected chi connectivity index (χ1v) is 5.36. The van der Waals surface area contributed by atoms with Gasteiger partial charge in [-0.25, -0.2) is 0 Å². The number of phenolic OH excluding ortho intramolecular Hbond substituents is 2. The van der Waals surface area contributed by atoms with E-state index in [-0.39, 0.29) is 11.1 Å². The SMILES string of the molecule is O=[N+]([O-])c1c(O)cccc1-c1cccc(O)c1[N+](=O)[O-]. The van der Waals surface area contributed by atoms with E-state index in [4.69, 9.17) is 0 Å². The fourth-order valence-corrected chi connectivity index (χ4v) is 1.88. The molecule has 0 fully saturated rings. The van der Waals surface area contributed by atoms with E-state index in [0.29, 0.717) is 0 Å². The molecule has 102 valence electrons. The van der Waals surface area contributed by atoms with Gasteiger partial charge in [0.05, 0.1) is 21.0 Å². The molecule has 0 bridgehead atoms. The monoisotopic (exact) mass is 276 g/mol. The lowest BCUT2D eigenvalue weighted by atomic mass is 10.0. The van der Waals surface area contributed by atoms with Gasteiger partial charge in [0, 0.05) is 0 Å². The van der Waals surface area contributed by atoms with Crippen LogP contribution in [0.15, 0.2) is 36.4 Å². The van der Waals surface area contributed by atoms with Gasteiger partial charge in [-0.2, -0.15) is 0 Å². The van der Waals surface area contributed by atoms with Crippen LogP contribution in [0.25, 0.3) is 11.1 Å². The molecular formula is C12H8N2O6. The molecule has 0 aliphatic heterocycles. The molecule has 0 unspecified atom stereocenters. The maximum Gasteiger partial charge on any atom is 0.318 e. The zero-order valence-corrected chi connectivity index (χ0v) is 9.89. The summed E-state index contributed by atoms with van der Waals surface area (Å²) in [5.74, 6) is -1.21. The number of rotatable bonds is 3. The van der Waals surface area contributed by atoms with Gasteiger partial charge in [0.1, 0.15) is 0 Å². The topological polar surface area (TPSA) is 127 Å². The van der Waals surface area contributed by atoms with Crippen molar-refractivity contribution < 1.29 is 20.1 Å². The molecule has 2 rings (SSSR count). The maximum atomic E-state index is 11.0. The molecule has 2 aromatic rings. The molecule has 0 saturated carbocycles. The summed E-state index contributed by atoms with van der Waals surface area (Å²) in [6.45, 7) is 0. The molecule has 0 saturated heterocycles. The summed E-state index contributed by atoms with van der Waals surface area (Å²) in [6, 6.07) is 7.39.